The molecule has 0 saturated heterocycles. The summed E-state index contributed by atoms with van der Waals surface area (Å²) >= 11 is 0. The average Bonchev–Trinajstić information content (AvgIpc) is 1.82. The fraction of sp³-hybridized carbons (Fsp3) is 0.625. The molecule has 0 aliphatic heterocycles. The molecule has 0 aromatic rings. The molecule has 0 heterocycles. The van der Waals surface area contributed by atoms with Gasteiger partial charge >= 0.3 is 18.9 Å². The van der Waals surface area contributed by atoms with Crippen LogP contribution in [0, 0.1) is 5.92 Å². The van der Waals surface area contributed by atoms with Gasteiger partial charge in [0.25, 0.3) is 0 Å². The first-order valence-corrected chi connectivity index (χ1v) is 3.30. The van der Waals surface area contributed by atoms with Crippen molar-refractivity contribution in [1.29, 1.82) is 0 Å². The fourth-order valence-electron chi connectivity index (χ4n) is 0.506. The Bertz CT molecular complexity index is 118. The Morgan fingerprint density at radius 1 is 1.60 bits per heavy atom. The predicted molar refractivity (Wildman–Crippen MR) is 46.4 cm³/mol. The van der Waals surface area contributed by atoms with E-state index < -0.39 is 0 Å². The first-order chi connectivity index (χ1) is 4.18. The fourth-order valence-corrected chi connectivity index (χ4v) is 0.506. The van der Waals surface area contributed by atoms with Crippen LogP contribution in [0.25, 0.3) is 0 Å². The second-order valence-electron chi connectivity index (χ2n) is 2.32. The number of carbonyl (C=O) groups excluding carboxylic acids is 1. The van der Waals surface area contributed by atoms with Crippen LogP contribution in [0.15, 0.2) is 12.2 Å². The number of ketones is 1. The van der Waals surface area contributed by atoms with Gasteiger partial charge in [0.05, 0.1) is 0 Å². The normalized spacial score (nSPS) is 12.7. The monoisotopic (exact) mass is 134 g/mol. The first-order valence-electron chi connectivity index (χ1n) is 3.30. The molecule has 0 amide bonds. The molecule has 0 aliphatic rings. The number of carbonyl (C=O) groups is 1. The Hall–Kier alpha value is 0.00740. The van der Waals surface area contributed by atoms with E-state index in [1.807, 2.05) is 26.0 Å². The minimum absolute atomic E-state index is 0. The minimum atomic E-state index is 0. The summed E-state index contributed by atoms with van der Waals surface area (Å²) in [5.41, 5.74) is 0. The van der Waals surface area contributed by atoms with Gasteiger partial charge < -0.3 is 0 Å². The molecular weight excluding hydrogens is 119 g/mol. The average molecular weight is 134 g/mol. The van der Waals surface area contributed by atoms with Gasteiger partial charge in [-0.3, -0.25) is 4.79 Å². The van der Waals surface area contributed by atoms with Crippen molar-refractivity contribution in [3.05, 3.63) is 12.2 Å². The van der Waals surface area contributed by atoms with Crippen molar-refractivity contribution >= 4 is 24.6 Å². The third kappa shape index (κ3) is 6.13. The van der Waals surface area contributed by atoms with E-state index in [1.165, 1.54) is 0 Å². The Kier molecular flexibility index (Phi) is 9.01. The molecule has 0 saturated carbocycles. The molecule has 0 bridgehead atoms. The van der Waals surface area contributed by atoms with Crippen LogP contribution in [0.1, 0.15) is 27.2 Å². The van der Waals surface area contributed by atoms with Crippen LogP contribution >= 0.6 is 0 Å². The quantitative estimate of drug-likeness (QED) is 0.422. The van der Waals surface area contributed by atoms with Crippen LogP contribution in [0.5, 0.6) is 0 Å². The summed E-state index contributed by atoms with van der Waals surface area (Å²) in [7, 11) is 0. The van der Waals surface area contributed by atoms with Crippen LogP contribution in [0.3, 0.4) is 0 Å². The number of hydrogen-bond acceptors (Lipinski definition) is 1. The third-order valence-corrected chi connectivity index (χ3v) is 1.42. The van der Waals surface area contributed by atoms with Crippen LogP contribution in [0.4, 0.5) is 0 Å². The van der Waals surface area contributed by atoms with Gasteiger partial charge in [-0.2, -0.15) is 0 Å². The molecule has 0 radical (unpaired) electrons. The number of hydrogen-bond donors (Lipinski definition) is 0. The van der Waals surface area contributed by atoms with Crippen LogP contribution < -0.4 is 0 Å². The zero-order valence-corrected chi connectivity index (χ0v) is 6.35. The number of Topliss-reactive ketones (excluding diaryl/α,β-unsaturated/α-hetero) is 1. The van der Waals surface area contributed by atoms with Crippen molar-refractivity contribution in [3.63, 3.8) is 0 Å². The second-order valence-corrected chi connectivity index (χ2v) is 2.32. The molecule has 0 spiro atoms. The van der Waals surface area contributed by atoms with Crippen molar-refractivity contribution < 1.29 is 4.79 Å². The topological polar surface area (TPSA) is 17.1 Å². The van der Waals surface area contributed by atoms with Gasteiger partial charge in [0.1, 0.15) is 5.78 Å². The molecule has 0 N–H and O–H groups in total. The van der Waals surface area contributed by atoms with E-state index in [0.717, 1.165) is 6.42 Å². The van der Waals surface area contributed by atoms with E-state index in [1.54, 1.807) is 6.92 Å². The molecule has 2 heteroatoms. The van der Waals surface area contributed by atoms with Gasteiger partial charge in [-0.05, 0) is 20.3 Å². The molecule has 1 nitrogen and oxygen atoms in total. The van der Waals surface area contributed by atoms with E-state index in [4.69, 9.17) is 0 Å². The van der Waals surface area contributed by atoms with Gasteiger partial charge in [0, 0.05) is 5.92 Å². The molecular formula is C8H15LiO. The zero-order valence-electron chi connectivity index (χ0n) is 6.35. The van der Waals surface area contributed by atoms with Gasteiger partial charge in [-0.15, -0.1) is 0 Å². The van der Waals surface area contributed by atoms with Gasteiger partial charge in [0.15, 0.2) is 0 Å². The summed E-state index contributed by atoms with van der Waals surface area (Å²) in [5.74, 6) is 0.467. The zero-order chi connectivity index (χ0) is 7.28. The maximum atomic E-state index is 10.6. The van der Waals surface area contributed by atoms with Crippen molar-refractivity contribution in [1.82, 2.24) is 0 Å². The SMILES string of the molecule is CC=CCC(C)C(C)=O.[LiH]. The standard InChI is InChI=1S/C8H14O.Li.H/c1-4-5-6-7(2)8(3)9;;/h4-5,7H,6H2,1-3H3;;. The van der Waals surface area contributed by atoms with E-state index in [-0.39, 0.29) is 30.6 Å². The van der Waals surface area contributed by atoms with Crippen LogP contribution in [-0.2, 0) is 4.79 Å². The van der Waals surface area contributed by atoms with Gasteiger partial charge in [-0.1, -0.05) is 19.1 Å². The maximum absolute atomic E-state index is 10.6. The summed E-state index contributed by atoms with van der Waals surface area (Å²) in [6, 6.07) is 0. The molecule has 0 aromatic heterocycles. The summed E-state index contributed by atoms with van der Waals surface area (Å²) in [4.78, 5) is 10.6. The Balaban J connectivity index is 0. The van der Waals surface area contributed by atoms with Gasteiger partial charge in [0.2, 0.25) is 0 Å². The molecule has 0 fully saturated rings. The molecule has 54 valence electrons. The Labute approximate surface area is 75.1 Å². The van der Waals surface area contributed by atoms with E-state index in [0.29, 0.717) is 0 Å². The summed E-state index contributed by atoms with van der Waals surface area (Å²) in [6.07, 6.45) is 4.87. The molecule has 1 unspecified atom stereocenters. The van der Waals surface area contributed by atoms with E-state index >= 15 is 0 Å². The summed E-state index contributed by atoms with van der Waals surface area (Å²) < 4.78 is 0. The van der Waals surface area contributed by atoms with Gasteiger partial charge in [-0.25, -0.2) is 0 Å². The molecule has 0 aliphatic carbocycles. The van der Waals surface area contributed by atoms with E-state index in [2.05, 4.69) is 0 Å². The van der Waals surface area contributed by atoms with Crippen molar-refractivity contribution in [3.8, 4) is 0 Å². The summed E-state index contributed by atoms with van der Waals surface area (Å²) in [6.45, 7) is 5.54. The van der Waals surface area contributed by atoms with E-state index in [9.17, 15) is 4.79 Å². The van der Waals surface area contributed by atoms with Crippen molar-refractivity contribution in [2.75, 3.05) is 0 Å². The number of allylic oxidation sites excluding steroid dienone is 2. The molecule has 1 atom stereocenters. The first kappa shape index (κ1) is 12.7. The molecule has 0 rings (SSSR count). The predicted octanol–water partition coefficient (Wildman–Crippen LogP) is 1.53. The second kappa shape index (κ2) is 7.12. The van der Waals surface area contributed by atoms with Crippen molar-refractivity contribution in [2.24, 2.45) is 5.92 Å². The Morgan fingerprint density at radius 3 is 2.40 bits per heavy atom. The van der Waals surface area contributed by atoms with Crippen LogP contribution in [0.2, 0.25) is 0 Å². The number of rotatable bonds is 3. The van der Waals surface area contributed by atoms with Crippen LogP contribution in [-0.4, -0.2) is 24.6 Å². The van der Waals surface area contributed by atoms with Crippen molar-refractivity contribution in [2.45, 2.75) is 27.2 Å². The molecule has 10 heavy (non-hydrogen) atoms. The Morgan fingerprint density at radius 2 is 2.10 bits per heavy atom. The molecule has 0 aromatic carbocycles. The third-order valence-electron chi connectivity index (χ3n) is 1.42. The summed E-state index contributed by atoms with van der Waals surface area (Å²) in [5, 5.41) is 0.